The lowest BCUT2D eigenvalue weighted by molar-refractivity contribution is -0.123. The number of nitrogens with one attached hydrogen (secondary N) is 2. The third kappa shape index (κ3) is 2.34. The number of halogens is 1. The predicted octanol–water partition coefficient (Wildman–Crippen LogP) is 1.86. The number of hydrogen-bond acceptors (Lipinski definition) is 5. The minimum Gasteiger partial charge on any atom is -0.359 e. The first kappa shape index (κ1) is 15.8. The van der Waals surface area contributed by atoms with E-state index in [0.717, 1.165) is 24.9 Å². The van der Waals surface area contributed by atoms with Crippen molar-refractivity contribution in [3.05, 3.63) is 53.6 Å². The number of H-pyrrole nitrogens is 1. The van der Waals surface area contributed by atoms with Crippen molar-refractivity contribution in [3.63, 3.8) is 0 Å². The van der Waals surface area contributed by atoms with Crippen molar-refractivity contribution in [1.29, 1.82) is 0 Å². The van der Waals surface area contributed by atoms with Crippen molar-refractivity contribution in [2.45, 2.75) is 36.9 Å². The smallest absolute Gasteiger partial charge is 0.256 e. The Kier molecular flexibility index (Phi) is 3.72. The summed E-state index contributed by atoms with van der Waals surface area (Å²) < 4.78 is 0. The van der Waals surface area contributed by atoms with Gasteiger partial charge in [0.25, 0.3) is 5.91 Å². The molecular formula is C18H19ClN6O. The minimum atomic E-state index is -0.271. The van der Waals surface area contributed by atoms with Crippen LogP contribution in [0.1, 0.15) is 24.3 Å². The van der Waals surface area contributed by atoms with Crippen molar-refractivity contribution in [1.82, 2.24) is 25.4 Å². The van der Waals surface area contributed by atoms with Gasteiger partial charge >= 0.3 is 0 Å². The van der Waals surface area contributed by atoms with Gasteiger partial charge < -0.3 is 10.2 Å². The largest absolute Gasteiger partial charge is 0.359 e. The molecule has 0 saturated carbocycles. The normalized spacial score (nSPS) is 30.4. The number of aromatic nitrogens is 3. The van der Waals surface area contributed by atoms with E-state index in [9.17, 15) is 4.79 Å². The molecule has 0 spiro atoms. The van der Waals surface area contributed by atoms with E-state index in [0.29, 0.717) is 17.0 Å². The molecule has 3 aliphatic rings. The third-order valence-corrected chi connectivity index (χ3v) is 5.92. The van der Waals surface area contributed by atoms with Crippen LogP contribution < -0.4 is 10.2 Å². The van der Waals surface area contributed by atoms with Crippen LogP contribution in [0.25, 0.3) is 0 Å². The van der Waals surface area contributed by atoms with Gasteiger partial charge in [-0.05, 0) is 37.1 Å². The average Bonchev–Trinajstić information content (AvgIpc) is 3.30. The Bertz CT molecular complexity index is 836. The second-order valence-electron chi connectivity index (χ2n) is 6.97. The van der Waals surface area contributed by atoms with E-state index >= 15 is 0 Å². The summed E-state index contributed by atoms with van der Waals surface area (Å²) in [4.78, 5) is 21.3. The fraction of sp³-hybridized carbons (Fsp3) is 0.389. The molecular weight excluding hydrogens is 352 g/mol. The first-order valence-electron chi connectivity index (χ1n) is 8.87. The molecule has 4 heterocycles. The number of hydrogen-bond donors (Lipinski definition) is 2. The summed E-state index contributed by atoms with van der Waals surface area (Å²) in [5.74, 6) is 0.518. The molecule has 4 atom stereocenters. The van der Waals surface area contributed by atoms with Gasteiger partial charge in [-0.15, -0.1) is 0 Å². The monoisotopic (exact) mass is 370 g/mol. The van der Waals surface area contributed by atoms with Gasteiger partial charge in [-0.2, -0.15) is 10.1 Å². The lowest BCUT2D eigenvalue weighted by Crippen LogP contribution is -2.50. The topological polar surface area (TPSA) is 77.2 Å². The highest BCUT2D eigenvalue weighted by Crippen LogP contribution is 2.43. The van der Waals surface area contributed by atoms with Crippen LogP contribution in [0, 0.1) is 0 Å². The van der Waals surface area contributed by atoms with Gasteiger partial charge in [0.05, 0.1) is 0 Å². The second-order valence-corrected chi connectivity index (χ2v) is 7.41. The number of amides is 1. The highest BCUT2D eigenvalue weighted by molar-refractivity contribution is 6.30. The molecule has 7 nitrogen and oxygen atoms in total. The molecule has 3 aliphatic heterocycles. The third-order valence-electron chi connectivity index (χ3n) is 5.67. The standard InChI is InChI=1S/C18H19ClN6O/c19-12-5-3-11(4-6-12)14-15-13(2-1-7-20-15)24-8-9-25(17(26)16(14)24)18-21-10-22-23-18/h3-6,8-10,13-16,20H,1-2,7H2,(H,21,22,23). The predicted molar refractivity (Wildman–Crippen MR) is 97.6 cm³/mol. The van der Waals surface area contributed by atoms with Gasteiger partial charge in [-0.25, -0.2) is 5.10 Å². The summed E-state index contributed by atoms with van der Waals surface area (Å²) in [6.07, 6.45) is 7.42. The van der Waals surface area contributed by atoms with Crippen molar-refractivity contribution < 1.29 is 4.79 Å². The van der Waals surface area contributed by atoms with Crippen LogP contribution in [0.2, 0.25) is 5.02 Å². The maximum Gasteiger partial charge on any atom is 0.256 e. The molecule has 0 aliphatic carbocycles. The summed E-state index contributed by atoms with van der Waals surface area (Å²) in [6.45, 7) is 0.982. The number of carbonyl (C=O) groups is 1. The summed E-state index contributed by atoms with van der Waals surface area (Å²) in [5, 5.41) is 11.0. The van der Waals surface area contributed by atoms with E-state index in [1.165, 1.54) is 6.33 Å². The molecule has 2 aromatic rings. The van der Waals surface area contributed by atoms with Crippen LogP contribution in [-0.4, -0.2) is 50.7 Å². The molecule has 134 valence electrons. The Labute approximate surface area is 156 Å². The highest BCUT2D eigenvalue weighted by atomic mass is 35.5. The van der Waals surface area contributed by atoms with Crippen molar-refractivity contribution in [3.8, 4) is 0 Å². The van der Waals surface area contributed by atoms with Crippen molar-refractivity contribution in [2.24, 2.45) is 0 Å². The van der Waals surface area contributed by atoms with E-state index in [1.807, 2.05) is 30.5 Å². The number of anilines is 1. The first-order chi connectivity index (χ1) is 12.7. The van der Waals surface area contributed by atoms with E-state index in [4.69, 9.17) is 11.6 Å². The number of piperidine rings is 1. The van der Waals surface area contributed by atoms with Crippen LogP contribution in [0.15, 0.2) is 43.0 Å². The van der Waals surface area contributed by atoms with Gasteiger partial charge in [0, 0.05) is 35.4 Å². The Morgan fingerprint density at radius 3 is 2.81 bits per heavy atom. The molecule has 2 saturated heterocycles. The van der Waals surface area contributed by atoms with E-state index < -0.39 is 0 Å². The second kappa shape index (κ2) is 6.10. The SMILES string of the molecule is O=C1C2C(c3ccc(Cl)cc3)C3NCCCC3N2C=CN1c1ncn[nH]1. The zero-order valence-corrected chi connectivity index (χ0v) is 14.8. The zero-order chi connectivity index (χ0) is 17.7. The minimum absolute atomic E-state index is 0.0143. The van der Waals surface area contributed by atoms with Crippen LogP contribution in [0.3, 0.4) is 0 Å². The quantitative estimate of drug-likeness (QED) is 0.843. The molecule has 0 bridgehead atoms. The molecule has 2 fully saturated rings. The number of benzene rings is 1. The fourth-order valence-electron chi connectivity index (χ4n) is 4.59. The van der Waals surface area contributed by atoms with Crippen molar-refractivity contribution >= 4 is 23.5 Å². The maximum absolute atomic E-state index is 13.4. The Morgan fingerprint density at radius 2 is 2.04 bits per heavy atom. The van der Waals surface area contributed by atoms with Gasteiger partial charge in [0.1, 0.15) is 12.4 Å². The first-order valence-corrected chi connectivity index (χ1v) is 9.25. The zero-order valence-electron chi connectivity index (χ0n) is 14.0. The number of fused-ring (bicyclic) bond motifs is 3. The van der Waals surface area contributed by atoms with Crippen molar-refractivity contribution in [2.75, 3.05) is 11.4 Å². The van der Waals surface area contributed by atoms with Gasteiger partial charge in [-0.1, -0.05) is 23.7 Å². The number of nitrogens with zero attached hydrogens (tertiary/aromatic N) is 4. The summed E-state index contributed by atoms with van der Waals surface area (Å²) in [6, 6.07) is 8.14. The van der Waals surface area contributed by atoms with E-state index in [2.05, 4.69) is 25.4 Å². The number of rotatable bonds is 2. The fourth-order valence-corrected chi connectivity index (χ4v) is 4.72. The van der Waals surface area contributed by atoms with Crippen LogP contribution >= 0.6 is 11.6 Å². The molecule has 2 N–H and O–H groups in total. The van der Waals surface area contributed by atoms with Crippen LogP contribution in [0.4, 0.5) is 5.95 Å². The van der Waals surface area contributed by atoms with Crippen LogP contribution in [0.5, 0.6) is 0 Å². The number of carbonyl (C=O) groups excluding carboxylic acids is 1. The van der Waals surface area contributed by atoms with Gasteiger partial charge in [0.15, 0.2) is 0 Å². The molecule has 1 aromatic carbocycles. The Morgan fingerprint density at radius 1 is 1.19 bits per heavy atom. The molecule has 0 radical (unpaired) electrons. The molecule has 1 aromatic heterocycles. The van der Waals surface area contributed by atoms with Gasteiger partial charge in [0.2, 0.25) is 5.95 Å². The lowest BCUT2D eigenvalue weighted by Gasteiger charge is -2.36. The molecule has 1 amide bonds. The Balaban J connectivity index is 1.58. The molecule has 8 heteroatoms. The average molecular weight is 371 g/mol. The summed E-state index contributed by atoms with van der Waals surface area (Å²) in [7, 11) is 0. The summed E-state index contributed by atoms with van der Waals surface area (Å²) in [5.41, 5.74) is 1.13. The lowest BCUT2D eigenvalue weighted by atomic mass is 9.84. The maximum atomic E-state index is 13.4. The summed E-state index contributed by atoms with van der Waals surface area (Å²) >= 11 is 6.08. The molecule has 5 rings (SSSR count). The molecule has 4 unspecified atom stereocenters. The number of aromatic amines is 1. The van der Waals surface area contributed by atoms with E-state index in [-0.39, 0.29) is 23.9 Å². The van der Waals surface area contributed by atoms with Gasteiger partial charge in [-0.3, -0.25) is 9.69 Å². The highest BCUT2D eigenvalue weighted by Gasteiger charge is 2.54. The van der Waals surface area contributed by atoms with Crippen LogP contribution in [-0.2, 0) is 4.79 Å². The van der Waals surface area contributed by atoms with E-state index in [1.54, 1.807) is 11.1 Å². The Hall–Kier alpha value is -2.38. The molecule has 26 heavy (non-hydrogen) atoms.